The molecule has 0 aromatic heterocycles. The maximum absolute atomic E-state index is 11.5. The van der Waals surface area contributed by atoms with Gasteiger partial charge in [0.1, 0.15) is 6.61 Å². The number of ether oxygens (including phenoxy) is 2. The van der Waals surface area contributed by atoms with E-state index in [4.69, 9.17) is 9.47 Å². The molecule has 126 valence electrons. The van der Waals surface area contributed by atoms with Gasteiger partial charge < -0.3 is 14.8 Å². The predicted molar refractivity (Wildman–Crippen MR) is 87.5 cm³/mol. The first-order valence-electron chi connectivity index (χ1n) is 8.48. The van der Waals surface area contributed by atoms with Gasteiger partial charge in [0.15, 0.2) is 0 Å². The van der Waals surface area contributed by atoms with E-state index in [0.717, 1.165) is 18.9 Å². The number of carbonyl (C=O) groups is 1. The highest BCUT2D eigenvalue weighted by Crippen LogP contribution is 2.10. The van der Waals surface area contributed by atoms with Crippen LogP contribution in [0.25, 0.3) is 0 Å². The van der Waals surface area contributed by atoms with Gasteiger partial charge in [-0.2, -0.15) is 0 Å². The molecule has 0 fully saturated rings. The molecule has 0 saturated heterocycles. The average Bonchev–Trinajstić information content (AvgIpc) is 2.40. The smallest absolute Gasteiger partial charge is 0.245 e. The van der Waals surface area contributed by atoms with Crippen LogP contribution in [0.5, 0.6) is 0 Å². The van der Waals surface area contributed by atoms with Crippen molar-refractivity contribution >= 4 is 5.91 Å². The van der Waals surface area contributed by atoms with E-state index in [1.807, 2.05) is 13.8 Å². The topological polar surface area (TPSA) is 47.6 Å². The van der Waals surface area contributed by atoms with E-state index < -0.39 is 0 Å². The second-order valence-electron chi connectivity index (χ2n) is 6.27. The van der Waals surface area contributed by atoms with Gasteiger partial charge in [-0.3, -0.25) is 4.79 Å². The maximum Gasteiger partial charge on any atom is 0.245 e. The normalized spacial score (nSPS) is 11.3. The van der Waals surface area contributed by atoms with Crippen LogP contribution >= 0.6 is 0 Å². The van der Waals surface area contributed by atoms with Crippen molar-refractivity contribution in [2.45, 2.75) is 72.3 Å². The lowest BCUT2D eigenvalue weighted by Gasteiger charge is -2.08. The fourth-order valence-corrected chi connectivity index (χ4v) is 1.99. The second kappa shape index (κ2) is 14.3. The molecule has 0 aromatic carbocycles. The number of unbranched alkanes of at least 4 members (excludes halogenated alkanes) is 4. The van der Waals surface area contributed by atoms with E-state index in [9.17, 15) is 4.79 Å². The van der Waals surface area contributed by atoms with Crippen molar-refractivity contribution in [1.29, 1.82) is 0 Å². The number of hydrogen-bond acceptors (Lipinski definition) is 3. The first-order valence-corrected chi connectivity index (χ1v) is 8.48. The molecule has 0 atom stereocenters. The summed E-state index contributed by atoms with van der Waals surface area (Å²) in [6.45, 7) is 10.4. The fourth-order valence-electron chi connectivity index (χ4n) is 1.99. The molecule has 0 aliphatic rings. The Kier molecular flexibility index (Phi) is 13.9. The third kappa shape index (κ3) is 17.3. The molecule has 21 heavy (non-hydrogen) atoms. The number of rotatable bonds is 14. The van der Waals surface area contributed by atoms with Gasteiger partial charge in [-0.1, -0.05) is 46.0 Å². The molecule has 0 radical (unpaired) electrons. The van der Waals surface area contributed by atoms with Crippen LogP contribution in [0.2, 0.25) is 0 Å². The number of nitrogens with one attached hydrogen (secondary N) is 1. The predicted octanol–water partition coefficient (Wildman–Crippen LogP) is 3.54. The largest absolute Gasteiger partial charge is 0.376 e. The summed E-state index contributed by atoms with van der Waals surface area (Å²) in [5.74, 6) is 0.787. The van der Waals surface area contributed by atoms with Gasteiger partial charge >= 0.3 is 0 Å². The van der Waals surface area contributed by atoms with Crippen molar-refractivity contribution in [3.63, 3.8) is 0 Å². The maximum atomic E-state index is 11.5. The van der Waals surface area contributed by atoms with E-state index in [-0.39, 0.29) is 18.6 Å². The van der Waals surface area contributed by atoms with Crippen LogP contribution in [-0.4, -0.2) is 38.4 Å². The lowest BCUT2D eigenvalue weighted by Crippen LogP contribution is -2.29. The van der Waals surface area contributed by atoms with Gasteiger partial charge in [0, 0.05) is 6.54 Å². The first kappa shape index (κ1) is 20.4. The van der Waals surface area contributed by atoms with E-state index in [1.165, 1.54) is 32.1 Å². The molecule has 0 aromatic rings. The van der Waals surface area contributed by atoms with Gasteiger partial charge in [0.05, 0.1) is 19.3 Å². The number of carbonyl (C=O) groups excluding carboxylic acids is 1. The van der Waals surface area contributed by atoms with Gasteiger partial charge in [0.25, 0.3) is 0 Å². The minimum absolute atomic E-state index is 0.0284. The molecule has 0 aliphatic carbocycles. The Morgan fingerprint density at radius 1 is 0.952 bits per heavy atom. The molecule has 0 rings (SSSR count). The van der Waals surface area contributed by atoms with Crippen LogP contribution in [0, 0.1) is 5.92 Å². The summed E-state index contributed by atoms with van der Waals surface area (Å²) in [6, 6.07) is 0. The van der Waals surface area contributed by atoms with E-state index in [0.29, 0.717) is 13.2 Å². The molecule has 4 heteroatoms. The second-order valence-corrected chi connectivity index (χ2v) is 6.27. The molecular formula is C17H35NO3. The molecule has 1 amide bonds. The zero-order chi connectivity index (χ0) is 15.9. The molecule has 4 nitrogen and oxygen atoms in total. The summed E-state index contributed by atoms with van der Waals surface area (Å²) in [7, 11) is 0. The van der Waals surface area contributed by atoms with Crippen LogP contribution < -0.4 is 5.32 Å². The minimum atomic E-state index is -0.0284. The standard InChI is InChI=1S/C17H35NO3/c1-15(2)10-8-6-5-7-9-11-18-17(19)14-20-12-13-21-16(3)4/h15-16H,5-14H2,1-4H3,(H,18,19). The van der Waals surface area contributed by atoms with Crippen molar-refractivity contribution in [2.75, 3.05) is 26.4 Å². The van der Waals surface area contributed by atoms with Crippen molar-refractivity contribution in [3.05, 3.63) is 0 Å². The lowest BCUT2D eigenvalue weighted by molar-refractivity contribution is -0.126. The minimum Gasteiger partial charge on any atom is -0.376 e. The highest BCUT2D eigenvalue weighted by Gasteiger charge is 2.01. The summed E-state index contributed by atoms with van der Waals surface area (Å²) in [6.07, 6.45) is 7.70. The Labute approximate surface area is 131 Å². The number of amides is 1. The van der Waals surface area contributed by atoms with Crippen molar-refractivity contribution in [2.24, 2.45) is 5.92 Å². The SMILES string of the molecule is CC(C)CCCCCCCNC(=O)COCCOC(C)C. The van der Waals surface area contributed by atoms with Crippen LogP contribution in [0.15, 0.2) is 0 Å². The summed E-state index contributed by atoms with van der Waals surface area (Å²) >= 11 is 0. The van der Waals surface area contributed by atoms with Gasteiger partial charge in [-0.25, -0.2) is 0 Å². The van der Waals surface area contributed by atoms with Crippen LogP contribution in [0.3, 0.4) is 0 Å². The van der Waals surface area contributed by atoms with E-state index in [2.05, 4.69) is 19.2 Å². The van der Waals surface area contributed by atoms with Crippen molar-refractivity contribution in [3.8, 4) is 0 Å². The van der Waals surface area contributed by atoms with E-state index in [1.54, 1.807) is 0 Å². The fraction of sp³-hybridized carbons (Fsp3) is 0.941. The van der Waals surface area contributed by atoms with Crippen LogP contribution in [0.1, 0.15) is 66.2 Å². The molecule has 0 unspecified atom stereocenters. The molecular weight excluding hydrogens is 266 g/mol. The Morgan fingerprint density at radius 3 is 2.29 bits per heavy atom. The Morgan fingerprint density at radius 2 is 1.62 bits per heavy atom. The van der Waals surface area contributed by atoms with Gasteiger partial charge in [-0.15, -0.1) is 0 Å². The Bertz CT molecular complexity index is 242. The molecule has 0 saturated carbocycles. The van der Waals surface area contributed by atoms with Crippen LogP contribution in [0.4, 0.5) is 0 Å². The molecule has 0 aliphatic heterocycles. The van der Waals surface area contributed by atoms with Crippen LogP contribution in [-0.2, 0) is 14.3 Å². The van der Waals surface area contributed by atoms with Gasteiger partial charge in [-0.05, 0) is 26.2 Å². The highest BCUT2D eigenvalue weighted by molar-refractivity contribution is 5.77. The first-order chi connectivity index (χ1) is 10.0. The highest BCUT2D eigenvalue weighted by atomic mass is 16.5. The molecule has 0 spiro atoms. The molecule has 0 bridgehead atoms. The van der Waals surface area contributed by atoms with Crippen molar-refractivity contribution in [1.82, 2.24) is 5.32 Å². The third-order valence-electron chi connectivity index (χ3n) is 3.19. The molecule has 0 heterocycles. The van der Waals surface area contributed by atoms with E-state index >= 15 is 0 Å². The number of hydrogen-bond donors (Lipinski definition) is 1. The quantitative estimate of drug-likeness (QED) is 0.499. The lowest BCUT2D eigenvalue weighted by atomic mass is 10.0. The van der Waals surface area contributed by atoms with Crippen molar-refractivity contribution < 1.29 is 14.3 Å². The summed E-state index contributed by atoms with van der Waals surface area (Å²) in [4.78, 5) is 11.5. The Hall–Kier alpha value is -0.610. The summed E-state index contributed by atoms with van der Waals surface area (Å²) in [5, 5.41) is 2.89. The Balaban J connectivity index is 3.19. The zero-order valence-corrected chi connectivity index (χ0v) is 14.5. The average molecular weight is 301 g/mol. The monoisotopic (exact) mass is 301 g/mol. The third-order valence-corrected chi connectivity index (χ3v) is 3.19. The molecule has 1 N–H and O–H groups in total. The van der Waals surface area contributed by atoms with Gasteiger partial charge in [0.2, 0.25) is 5.91 Å². The summed E-state index contributed by atoms with van der Waals surface area (Å²) < 4.78 is 10.6. The zero-order valence-electron chi connectivity index (χ0n) is 14.5. The summed E-state index contributed by atoms with van der Waals surface area (Å²) in [5.41, 5.74) is 0.